The lowest BCUT2D eigenvalue weighted by molar-refractivity contribution is 0.292. The number of aliphatic hydroxyl groups excluding tert-OH is 1. The molecule has 23 heavy (non-hydrogen) atoms. The zero-order valence-electron chi connectivity index (χ0n) is 12.8. The minimum Gasteiger partial charge on any atom is -0.396 e. The van der Waals surface area contributed by atoms with Crippen LogP contribution in [0.3, 0.4) is 0 Å². The first kappa shape index (κ1) is 15.1. The predicted molar refractivity (Wildman–Crippen MR) is 89.8 cm³/mol. The molecule has 0 aliphatic carbocycles. The molecule has 0 unspecified atom stereocenters. The number of hydrogen-bond donors (Lipinski definition) is 3. The van der Waals surface area contributed by atoms with Crippen LogP contribution in [-0.4, -0.2) is 38.2 Å². The highest BCUT2D eigenvalue weighted by Crippen LogP contribution is 2.22. The summed E-state index contributed by atoms with van der Waals surface area (Å²) in [6.45, 7) is 2.77. The number of aliphatic hydroxyl groups is 1. The third-order valence-corrected chi connectivity index (χ3v) is 3.28. The molecule has 0 fully saturated rings. The molecule has 118 valence electrons. The summed E-state index contributed by atoms with van der Waals surface area (Å²) in [6, 6.07) is 8.03. The second kappa shape index (κ2) is 6.97. The molecule has 0 atom stereocenters. The number of nitrogens with zero attached hydrogens (tertiary/aromatic N) is 4. The van der Waals surface area contributed by atoms with Gasteiger partial charge in [0.1, 0.15) is 17.4 Å². The molecule has 1 aromatic carbocycles. The zero-order chi connectivity index (χ0) is 16.1. The summed E-state index contributed by atoms with van der Waals surface area (Å²) in [4.78, 5) is 17.2. The van der Waals surface area contributed by atoms with Crippen molar-refractivity contribution in [1.29, 1.82) is 0 Å². The van der Waals surface area contributed by atoms with Gasteiger partial charge in [-0.1, -0.05) is 12.1 Å². The predicted octanol–water partition coefficient (Wildman–Crippen LogP) is 2.27. The highest BCUT2D eigenvalue weighted by Gasteiger charge is 2.08. The molecule has 0 saturated heterocycles. The molecule has 7 heteroatoms. The molecule has 0 saturated carbocycles. The lowest BCUT2D eigenvalue weighted by atomic mass is 10.2. The summed E-state index contributed by atoms with van der Waals surface area (Å²) >= 11 is 0. The smallest absolute Gasteiger partial charge is 0.223 e. The van der Waals surface area contributed by atoms with Crippen LogP contribution in [0.25, 0.3) is 11.0 Å². The second-order valence-electron chi connectivity index (χ2n) is 5.15. The first-order valence-corrected chi connectivity index (χ1v) is 7.42. The Morgan fingerprint density at radius 1 is 1.17 bits per heavy atom. The summed E-state index contributed by atoms with van der Waals surface area (Å²) in [5, 5.41) is 15.2. The van der Waals surface area contributed by atoms with E-state index in [0.717, 1.165) is 11.3 Å². The quantitative estimate of drug-likeness (QED) is 0.601. The van der Waals surface area contributed by atoms with Gasteiger partial charge in [0.2, 0.25) is 5.95 Å². The van der Waals surface area contributed by atoms with Crippen LogP contribution in [0, 0.1) is 6.92 Å². The molecule has 3 N–H and O–H groups in total. The normalized spacial score (nSPS) is 10.7. The van der Waals surface area contributed by atoms with E-state index in [4.69, 9.17) is 5.11 Å². The van der Waals surface area contributed by atoms with Gasteiger partial charge in [0.05, 0.1) is 6.20 Å². The van der Waals surface area contributed by atoms with E-state index >= 15 is 0 Å². The van der Waals surface area contributed by atoms with Gasteiger partial charge in [-0.05, 0) is 31.0 Å². The van der Waals surface area contributed by atoms with Crippen LogP contribution in [0.1, 0.15) is 12.0 Å². The van der Waals surface area contributed by atoms with E-state index in [9.17, 15) is 0 Å². The molecule has 2 heterocycles. The number of aromatic nitrogens is 4. The van der Waals surface area contributed by atoms with Crippen molar-refractivity contribution in [3.8, 4) is 0 Å². The van der Waals surface area contributed by atoms with Crippen molar-refractivity contribution in [2.45, 2.75) is 13.3 Å². The van der Waals surface area contributed by atoms with E-state index in [-0.39, 0.29) is 6.61 Å². The fourth-order valence-corrected chi connectivity index (χ4v) is 2.17. The van der Waals surface area contributed by atoms with E-state index in [1.807, 2.05) is 31.2 Å². The van der Waals surface area contributed by atoms with E-state index in [1.165, 1.54) is 6.33 Å². The zero-order valence-corrected chi connectivity index (χ0v) is 12.8. The molecular weight excluding hydrogens is 292 g/mol. The molecule has 3 aromatic rings. The van der Waals surface area contributed by atoms with Crippen molar-refractivity contribution >= 4 is 28.5 Å². The van der Waals surface area contributed by atoms with Crippen LogP contribution < -0.4 is 10.6 Å². The largest absolute Gasteiger partial charge is 0.396 e. The molecule has 7 nitrogen and oxygen atoms in total. The first-order valence-electron chi connectivity index (χ1n) is 7.42. The van der Waals surface area contributed by atoms with Crippen molar-refractivity contribution < 1.29 is 5.11 Å². The lowest BCUT2D eigenvalue weighted by Gasteiger charge is -2.09. The maximum atomic E-state index is 8.84. The molecule has 0 spiro atoms. The van der Waals surface area contributed by atoms with E-state index in [1.54, 1.807) is 6.20 Å². The van der Waals surface area contributed by atoms with Crippen molar-refractivity contribution in [2.24, 2.45) is 0 Å². The van der Waals surface area contributed by atoms with Crippen LogP contribution in [0.15, 0.2) is 36.8 Å². The number of anilines is 3. The Kier molecular flexibility index (Phi) is 4.58. The first-order chi connectivity index (χ1) is 11.3. The Morgan fingerprint density at radius 2 is 2.09 bits per heavy atom. The summed E-state index contributed by atoms with van der Waals surface area (Å²) in [6.07, 6.45) is 3.79. The van der Waals surface area contributed by atoms with Crippen LogP contribution >= 0.6 is 0 Å². The Balaban J connectivity index is 1.91. The van der Waals surface area contributed by atoms with Gasteiger partial charge in [-0.25, -0.2) is 19.9 Å². The van der Waals surface area contributed by atoms with Crippen molar-refractivity contribution in [3.63, 3.8) is 0 Å². The minimum atomic E-state index is 0.129. The van der Waals surface area contributed by atoms with Crippen LogP contribution in [0.4, 0.5) is 17.5 Å². The third-order valence-electron chi connectivity index (χ3n) is 3.28. The summed E-state index contributed by atoms with van der Waals surface area (Å²) in [5.74, 6) is 1.13. The highest BCUT2D eigenvalue weighted by molar-refractivity contribution is 5.87. The number of rotatable bonds is 6. The lowest BCUT2D eigenvalue weighted by Crippen LogP contribution is -2.07. The van der Waals surface area contributed by atoms with Gasteiger partial charge in [0.15, 0.2) is 5.82 Å². The maximum absolute atomic E-state index is 8.84. The van der Waals surface area contributed by atoms with Crippen LogP contribution in [0.2, 0.25) is 0 Å². The standard InChI is InChI=1S/C16H18N6O/c1-11-4-2-5-12(8-11)21-15-14-13(19-10-20-15)9-18-16(22-14)17-6-3-7-23/h2,4-5,8-10,23H,3,6-7H2,1H3,(H,17,18,22)(H,19,20,21). The second-order valence-corrected chi connectivity index (χ2v) is 5.15. The topological polar surface area (TPSA) is 95.9 Å². The Morgan fingerprint density at radius 3 is 2.91 bits per heavy atom. The van der Waals surface area contributed by atoms with Crippen LogP contribution in [-0.2, 0) is 0 Å². The molecule has 0 radical (unpaired) electrons. The Labute approximate surface area is 133 Å². The van der Waals surface area contributed by atoms with Gasteiger partial charge in [0, 0.05) is 18.8 Å². The van der Waals surface area contributed by atoms with Crippen molar-refractivity contribution in [3.05, 3.63) is 42.4 Å². The minimum absolute atomic E-state index is 0.129. The van der Waals surface area contributed by atoms with Gasteiger partial charge in [0.25, 0.3) is 0 Å². The fourth-order valence-electron chi connectivity index (χ4n) is 2.17. The average Bonchev–Trinajstić information content (AvgIpc) is 2.56. The number of nitrogens with one attached hydrogen (secondary N) is 2. The van der Waals surface area contributed by atoms with Gasteiger partial charge < -0.3 is 15.7 Å². The molecule has 0 aliphatic rings. The monoisotopic (exact) mass is 310 g/mol. The number of fused-ring (bicyclic) bond motifs is 1. The number of benzene rings is 1. The highest BCUT2D eigenvalue weighted by atomic mass is 16.3. The van der Waals surface area contributed by atoms with Crippen molar-refractivity contribution in [2.75, 3.05) is 23.8 Å². The van der Waals surface area contributed by atoms with E-state index in [0.29, 0.717) is 35.8 Å². The average molecular weight is 310 g/mol. The molecule has 2 aromatic heterocycles. The molecule has 3 rings (SSSR count). The van der Waals surface area contributed by atoms with Crippen LogP contribution in [0.5, 0.6) is 0 Å². The number of aryl methyl sites for hydroxylation is 1. The Hall–Kier alpha value is -2.80. The number of hydrogen-bond acceptors (Lipinski definition) is 7. The summed E-state index contributed by atoms with van der Waals surface area (Å²) < 4.78 is 0. The van der Waals surface area contributed by atoms with E-state index < -0.39 is 0 Å². The summed E-state index contributed by atoms with van der Waals surface area (Å²) in [5.41, 5.74) is 3.42. The van der Waals surface area contributed by atoms with Gasteiger partial charge >= 0.3 is 0 Å². The maximum Gasteiger partial charge on any atom is 0.223 e. The SMILES string of the molecule is Cc1cccc(Nc2ncnc3cnc(NCCCO)nc23)c1. The molecule has 0 amide bonds. The van der Waals surface area contributed by atoms with Crippen molar-refractivity contribution in [1.82, 2.24) is 19.9 Å². The van der Waals surface area contributed by atoms with Gasteiger partial charge in [-0.2, -0.15) is 0 Å². The van der Waals surface area contributed by atoms with E-state index in [2.05, 4.69) is 30.6 Å². The van der Waals surface area contributed by atoms with Gasteiger partial charge in [-0.3, -0.25) is 0 Å². The molecule has 0 aliphatic heterocycles. The summed E-state index contributed by atoms with van der Waals surface area (Å²) in [7, 11) is 0. The third kappa shape index (κ3) is 3.70. The Bertz CT molecular complexity index is 807. The molecular formula is C16H18N6O. The molecule has 0 bridgehead atoms. The van der Waals surface area contributed by atoms with Gasteiger partial charge in [-0.15, -0.1) is 0 Å². The fraction of sp³-hybridized carbons (Fsp3) is 0.250.